The van der Waals surface area contributed by atoms with Gasteiger partial charge >= 0.3 is 0 Å². The van der Waals surface area contributed by atoms with Crippen molar-refractivity contribution in [2.75, 3.05) is 6.54 Å². The number of nitrogens with zero attached hydrogens (tertiary/aromatic N) is 1. The summed E-state index contributed by atoms with van der Waals surface area (Å²) in [6.45, 7) is 0.973. The fraction of sp³-hybridized carbons (Fsp3) is 0.214. The average molecular weight is 335 g/mol. The van der Waals surface area contributed by atoms with Gasteiger partial charge < -0.3 is 9.73 Å². The van der Waals surface area contributed by atoms with E-state index in [2.05, 4.69) is 37.7 Å². The first-order chi connectivity index (χ1) is 9.31. The highest BCUT2D eigenvalue weighted by Gasteiger charge is 2.26. The Labute approximate surface area is 122 Å². The second-order valence-electron chi connectivity index (χ2n) is 4.60. The molecule has 1 N–H and O–H groups in total. The van der Waals surface area contributed by atoms with Crippen LogP contribution in [0.4, 0.5) is 0 Å². The van der Waals surface area contributed by atoms with Crippen molar-refractivity contribution in [2.45, 2.75) is 12.5 Å². The molecule has 1 aliphatic heterocycles. The van der Waals surface area contributed by atoms with Crippen molar-refractivity contribution in [1.82, 2.24) is 10.3 Å². The van der Waals surface area contributed by atoms with Gasteiger partial charge in [-0.1, -0.05) is 15.9 Å². The number of nitrogens with one attached hydrogen (secondary N) is 1. The summed E-state index contributed by atoms with van der Waals surface area (Å²) in [5.74, 6) is 0.757. The highest BCUT2D eigenvalue weighted by atomic mass is 79.9. The van der Waals surface area contributed by atoms with Gasteiger partial charge in [0.1, 0.15) is 11.6 Å². The van der Waals surface area contributed by atoms with E-state index in [1.807, 2.05) is 29.5 Å². The number of rotatable bonds is 1. The second kappa shape index (κ2) is 4.44. The summed E-state index contributed by atoms with van der Waals surface area (Å²) < 4.78 is 6.92. The van der Waals surface area contributed by atoms with Crippen LogP contribution in [0.5, 0.6) is 0 Å². The third-order valence-corrected chi connectivity index (χ3v) is 4.89. The zero-order chi connectivity index (χ0) is 12.8. The van der Waals surface area contributed by atoms with E-state index in [0.717, 1.165) is 34.4 Å². The third-order valence-electron chi connectivity index (χ3n) is 3.40. The van der Waals surface area contributed by atoms with Gasteiger partial charge in [-0.3, -0.25) is 0 Å². The topological polar surface area (TPSA) is 38.1 Å². The van der Waals surface area contributed by atoms with Crippen molar-refractivity contribution in [2.24, 2.45) is 0 Å². The first-order valence-corrected chi connectivity index (χ1v) is 7.84. The fourth-order valence-electron chi connectivity index (χ4n) is 2.51. The van der Waals surface area contributed by atoms with Gasteiger partial charge in [-0.05, 0) is 41.6 Å². The lowest BCUT2D eigenvalue weighted by atomic mass is 10.0. The first-order valence-electron chi connectivity index (χ1n) is 6.17. The van der Waals surface area contributed by atoms with Crippen molar-refractivity contribution in [3.8, 4) is 0 Å². The fourth-order valence-corrected chi connectivity index (χ4v) is 3.78. The van der Waals surface area contributed by atoms with Gasteiger partial charge in [0.25, 0.3) is 0 Å². The lowest BCUT2D eigenvalue weighted by Crippen LogP contribution is -2.29. The van der Waals surface area contributed by atoms with E-state index >= 15 is 0 Å². The summed E-state index contributed by atoms with van der Waals surface area (Å²) in [6, 6.07) is 8.16. The average Bonchev–Trinajstić information content (AvgIpc) is 3.03. The van der Waals surface area contributed by atoms with E-state index < -0.39 is 0 Å². The minimum absolute atomic E-state index is 0.0844. The largest absolute Gasteiger partial charge is 0.439 e. The molecule has 1 aliphatic rings. The van der Waals surface area contributed by atoms with Crippen LogP contribution in [-0.4, -0.2) is 11.5 Å². The smallest absolute Gasteiger partial charge is 0.217 e. The van der Waals surface area contributed by atoms with E-state index in [0.29, 0.717) is 0 Å². The molecule has 4 rings (SSSR count). The van der Waals surface area contributed by atoms with Crippen LogP contribution in [0.1, 0.15) is 22.4 Å². The third kappa shape index (κ3) is 1.93. The second-order valence-corrected chi connectivity index (χ2v) is 6.52. The predicted octanol–water partition coefficient (Wildman–Crippen LogP) is 3.89. The summed E-state index contributed by atoms with van der Waals surface area (Å²) in [5, 5.41) is 5.63. The number of oxazole rings is 1. The monoisotopic (exact) mass is 334 g/mol. The number of thiophene rings is 1. The lowest BCUT2D eigenvalue weighted by Gasteiger charge is -2.21. The lowest BCUT2D eigenvalue weighted by molar-refractivity contribution is 0.442. The molecule has 3 nitrogen and oxygen atoms in total. The van der Waals surface area contributed by atoms with Crippen LogP contribution in [0.2, 0.25) is 0 Å². The Hall–Kier alpha value is -1.17. The van der Waals surface area contributed by atoms with Gasteiger partial charge in [0, 0.05) is 15.9 Å². The predicted molar refractivity (Wildman–Crippen MR) is 79.6 cm³/mol. The van der Waals surface area contributed by atoms with E-state index in [1.54, 1.807) is 0 Å². The molecule has 0 amide bonds. The van der Waals surface area contributed by atoms with Crippen molar-refractivity contribution < 1.29 is 4.42 Å². The van der Waals surface area contributed by atoms with Crippen LogP contribution < -0.4 is 5.32 Å². The van der Waals surface area contributed by atoms with Crippen molar-refractivity contribution in [3.05, 3.63) is 50.4 Å². The van der Waals surface area contributed by atoms with Gasteiger partial charge in [0.15, 0.2) is 5.58 Å². The minimum atomic E-state index is 0.0844. The van der Waals surface area contributed by atoms with Gasteiger partial charge in [-0.2, -0.15) is 0 Å². The van der Waals surface area contributed by atoms with Crippen LogP contribution in [0.3, 0.4) is 0 Å². The Bertz CT molecular complexity index is 749. The molecule has 1 unspecified atom stereocenters. The molecule has 19 heavy (non-hydrogen) atoms. The molecule has 0 saturated heterocycles. The number of benzene rings is 1. The Morgan fingerprint density at radius 3 is 3.26 bits per heavy atom. The molecule has 3 heterocycles. The Morgan fingerprint density at radius 1 is 1.37 bits per heavy atom. The van der Waals surface area contributed by atoms with Gasteiger partial charge in [0.05, 0.1) is 0 Å². The van der Waals surface area contributed by atoms with Crippen LogP contribution in [0.15, 0.2) is 38.5 Å². The summed E-state index contributed by atoms with van der Waals surface area (Å²) in [6.07, 6.45) is 1.09. The van der Waals surface area contributed by atoms with Crippen molar-refractivity contribution >= 4 is 38.4 Å². The molecule has 5 heteroatoms. The molecule has 3 aromatic rings. The normalized spacial score (nSPS) is 18.7. The highest BCUT2D eigenvalue weighted by molar-refractivity contribution is 9.10. The van der Waals surface area contributed by atoms with E-state index in [1.165, 1.54) is 10.4 Å². The molecule has 0 spiro atoms. The quantitative estimate of drug-likeness (QED) is 0.733. The molecule has 0 radical (unpaired) electrons. The zero-order valence-corrected chi connectivity index (χ0v) is 12.4. The van der Waals surface area contributed by atoms with Crippen molar-refractivity contribution in [3.63, 3.8) is 0 Å². The van der Waals surface area contributed by atoms with Crippen molar-refractivity contribution in [1.29, 1.82) is 0 Å². The molecule has 96 valence electrons. The standard InChI is InChI=1S/C14H11BrN2OS/c15-8-1-2-11-10(7-8)17-14(18-11)13-9-4-6-19-12(9)3-5-16-13/h1-2,4,6-7,13,16H,3,5H2. The molecular formula is C14H11BrN2OS. The summed E-state index contributed by atoms with van der Waals surface area (Å²) >= 11 is 5.28. The number of hydrogen-bond donors (Lipinski definition) is 1. The summed E-state index contributed by atoms with van der Waals surface area (Å²) in [5.41, 5.74) is 3.04. The number of fused-ring (bicyclic) bond motifs is 2. The maximum absolute atomic E-state index is 5.90. The molecule has 0 saturated carbocycles. The van der Waals surface area contributed by atoms with Crippen LogP contribution in [0, 0.1) is 0 Å². The Morgan fingerprint density at radius 2 is 2.32 bits per heavy atom. The molecular weight excluding hydrogens is 324 g/mol. The molecule has 0 aliphatic carbocycles. The van der Waals surface area contributed by atoms with Crippen LogP contribution in [-0.2, 0) is 6.42 Å². The van der Waals surface area contributed by atoms with E-state index in [4.69, 9.17) is 4.42 Å². The maximum atomic E-state index is 5.90. The van der Waals surface area contributed by atoms with Gasteiger partial charge in [-0.15, -0.1) is 11.3 Å². The van der Waals surface area contributed by atoms with Crippen LogP contribution in [0.25, 0.3) is 11.1 Å². The number of aromatic nitrogens is 1. The van der Waals surface area contributed by atoms with Crippen LogP contribution >= 0.6 is 27.3 Å². The number of hydrogen-bond acceptors (Lipinski definition) is 4. The molecule has 0 fully saturated rings. The number of halogens is 1. The minimum Gasteiger partial charge on any atom is -0.439 e. The molecule has 2 aromatic heterocycles. The highest BCUT2D eigenvalue weighted by Crippen LogP contribution is 2.33. The Balaban J connectivity index is 1.83. The van der Waals surface area contributed by atoms with Gasteiger partial charge in [0.2, 0.25) is 5.89 Å². The maximum Gasteiger partial charge on any atom is 0.217 e. The van der Waals surface area contributed by atoms with E-state index in [9.17, 15) is 0 Å². The Kier molecular flexibility index (Phi) is 2.72. The molecule has 0 bridgehead atoms. The van der Waals surface area contributed by atoms with E-state index in [-0.39, 0.29) is 6.04 Å². The SMILES string of the molecule is Brc1ccc2oc(C3NCCc4sccc43)nc2c1. The van der Waals surface area contributed by atoms with Gasteiger partial charge in [-0.25, -0.2) is 4.98 Å². The first kappa shape index (κ1) is 11.6. The molecule has 1 aromatic carbocycles. The zero-order valence-electron chi connectivity index (χ0n) is 10.0. The molecule has 1 atom stereocenters. The summed E-state index contributed by atoms with van der Waals surface area (Å²) in [7, 11) is 0. The summed E-state index contributed by atoms with van der Waals surface area (Å²) in [4.78, 5) is 6.06.